The number of hydroxylamine groups is 2. The van der Waals surface area contributed by atoms with Crippen molar-refractivity contribution in [2.24, 2.45) is 0 Å². The first kappa shape index (κ1) is 23.8. The predicted octanol–water partition coefficient (Wildman–Crippen LogP) is 6.08. The van der Waals surface area contributed by atoms with Crippen molar-refractivity contribution in [3.63, 3.8) is 0 Å². The van der Waals surface area contributed by atoms with Crippen LogP contribution in [-0.4, -0.2) is 33.4 Å². The molecule has 0 aliphatic rings. The third-order valence-electron chi connectivity index (χ3n) is 4.76. The number of rotatable bonds is 19. The largest absolute Gasteiger partial charge is 0.392 e. The minimum atomic E-state index is -0.633. The highest BCUT2D eigenvalue weighted by atomic mass is 16.8. The first-order valence-electron chi connectivity index (χ1n) is 10.5. The Labute approximate surface area is 150 Å². The van der Waals surface area contributed by atoms with Crippen LogP contribution in [0.2, 0.25) is 0 Å². The lowest BCUT2D eigenvalue weighted by Gasteiger charge is -2.12. The number of aliphatic hydroxyl groups is 1. The molecule has 0 aromatic heterocycles. The van der Waals surface area contributed by atoms with Gasteiger partial charge in [0.05, 0.1) is 12.6 Å². The second-order valence-electron chi connectivity index (χ2n) is 7.30. The fraction of sp³-hybridized carbons (Fsp3) is 1.00. The normalized spacial score (nSPS) is 12.9. The van der Waals surface area contributed by atoms with Gasteiger partial charge in [0.25, 0.3) is 0 Å². The highest BCUT2D eigenvalue weighted by molar-refractivity contribution is 4.56. The summed E-state index contributed by atoms with van der Waals surface area (Å²) in [7, 11) is 0. The van der Waals surface area contributed by atoms with Gasteiger partial charge in [-0.3, -0.25) is 10.4 Å². The molecular formula is C20H43NO3. The van der Waals surface area contributed by atoms with Crippen molar-refractivity contribution >= 4 is 0 Å². The summed E-state index contributed by atoms with van der Waals surface area (Å²) in [5, 5.41) is 26.7. The van der Waals surface area contributed by atoms with Crippen LogP contribution in [-0.2, 0) is 0 Å². The Morgan fingerprint density at radius 3 is 1.25 bits per heavy atom. The van der Waals surface area contributed by atoms with E-state index in [1.807, 2.05) is 0 Å². The second-order valence-corrected chi connectivity index (χ2v) is 7.30. The third kappa shape index (κ3) is 19.9. The summed E-state index contributed by atoms with van der Waals surface area (Å²) in [5.41, 5.74) is 0. The molecule has 3 N–H and O–H groups in total. The molecule has 0 saturated carbocycles. The van der Waals surface area contributed by atoms with E-state index < -0.39 is 6.10 Å². The first-order valence-corrected chi connectivity index (χ1v) is 10.5. The Balaban J connectivity index is 3.05. The summed E-state index contributed by atoms with van der Waals surface area (Å²) in [6.45, 7) is 2.19. The van der Waals surface area contributed by atoms with E-state index in [4.69, 9.17) is 10.4 Å². The van der Waals surface area contributed by atoms with Crippen LogP contribution < -0.4 is 0 Å². The number of hydrogen-bond acceptors (Lipinski definition) is 4. The van der Waals surface area contributed by atoms with Crippen molar-refractivity contribution in [3.05, 3.63) is 0 Å². The quantitative estimate of drug-likeness (QED) is 0.196. The molecule has 146 valence electrons. The average Bonchev–Trinajstić information content (AvgIpc) is 2.53. The van der Waals surface area contributed by atoms with Crippen molar-refractivity contribution in [1.29, 1.82) is 0 Å². The zero-order valence-corrected chi connectivity index (χ0v) is 16.1. The van der Waals surface area contributed by atoms with Crippen molar-refractivity contribution in [3.8, 4) is 0 Å². The van der Waals surface area contributed by atoms with E-state index in [1.165, 1.54) is 89.9 Å². The van der Waals surface area contributed by atoms with E-state index in [0.717, 1.165) is 12.8 Å². The van der Waals surface area contributed by atoms with Gasteiger partial charge in [-0.25, -0.2) is 0 Å². The van der Waals surface area contributed by atoms with Crippen LogP contribution in [0.5, 0.6) is 0 Å². The molecule has 0 fully saturated rings. The number of aliphatic hydroxyl groups excluding tert-OH is 1. The van der Waals surface area contributed by atoms with E-state index in [9.17, 15) is 5.11 Å². The minimum Gasteiger partial charge on any atom is -0.392 e. The molecule has 0 aromatic carbocycles. The lowest BCUT2D eigenvalue weighted by molar-refractivity contribution is -0.315. The van der Waals surface area contributed by atoms with Crippen molar-refractivity contribution in [2.45, 2.75) is 122 Å². The fourth-order valence-electron chi connectivity index (χ4n) is 3.21. The Morgan fingerprint density at radius 1 is 0.583 bits per heavy atom. The van der Waals surface area contributed by atoms with Crippen LogP contribution in [0.4, 0.5) is 0 Å². The van der Waals surface area contributed by atoms with Gasteiger partial charge in [0.2, 0.25) is 0 Å². The summed E-state index contributed by atoms with van der Waals surface area (Å²) < 4.78 is 0. The lowest BCUT2D eigenvalue weighted by atomic mass is 10.0. The van der Waals surface area contributed by atoms with E-state index in [-0.39, 0.29) is 11.8 Å². The maximum atomic E-state index is 9.47. The standard InChI is InChI=1S/C20H43NO3/c1-2-3-4-5-6-7-8-9-10-11-12-13-14-15-16-17-18-20(22)19-21(23)24/h20,22-24H,2-19H2,1H3. The SMILES string of the molecule is CCCCCCCCCCCCCCCCCCC(O)CN(O)O. The summed E-state index contributed by atoms with van der Waals surface area (Å²) in [5.74, 6) is 0. The predicted molar refractivity (Wildman–Crippen MR) is 100 cm³/mol. The van der Waals surface area contributed by atoms with Gasteiger partial charge in [-0.2, -0.15) is 0 Å². The van der Waals surface area contributed by atoms with E-state index in [2.05, 4.69) is 6.92 Å². The van der Waals surface area contributed by atoms with Gasteiger partial charge in [-0.1, -0.05) is 115 Å². The van der Waals surface area contributed by atoms with Gasteiger partial charge >= 0.3 is 0 Å². The molecule has 0 saturated heterocycles. The second kappa shape index (κ2) is 19.2. The fourth-order valence-corrected chi connectivity index (χ4v) is 3.21. The molecule has 0 bridgehead atoms. The van der Waals surface area contributed by atoms with Crippen LogP contribution in [0, 0.1) is 0 Å². The molecule has 1 unspecified atom stereocenters. The summed E-state index contributed by atoms with van der Waals surface area (Å²) >= 11 is 0. The zero-order valence-electron chi connectivity index (χ0n) is 16.1. The van der Waals surface area contributed by atoms with Crippen molar-refractivity contribution in [2.75, 3.05) is 6.54 Å². The van der Waals surface area contributed by atoms with Gasteiger partial charge in [-0.05, 0) is 6.42 Å². The minimum absolute atomic E-state index is 0.0666. The van der Waals surface area contributed by atoms with E-state index >= 15 is 0 Å². The summed E-state index contributed by atoms with van der Waals surface area (Å²) in [6, 6.07) is 0. The Bertz CT molecular complexity index is 237. The molecule has 0 aromatic rings. The molecule has 0 aliphatic carbocycles. The molecule has 4 nitrogen and oxygen atoms in total. The Hall–Kier alpha value is -0.160. The van der Waals surface area contributed by atoms with Crippen LogP contribution in [0.25, 0.3) is 0 Å². The maximum absolute atomic E-state index is 9.47. The van der Waals surface area contributed by atoms with Crippen LogP contribution >= 0.6 is 0 Å². The van der Waals surface area contributed by atoms with Crippen LogP contribution in [0.15, 0.2) is 0 Å². The average molecular weight is 346 g/mol. The maximum Gasteiger partial charge on any atom is 0.0772 e. The molecule has 0 amide bonds. The molecule has 0 radical (unpaired) electrons. The molecule has 0 heterocycles. The van der Waals surface area contributed by atoms with Crippen molar-refractivity contribution < 1.29 is 15.5 Å². The Kier molecular flexibility index (Phi) is 19.0. The molecule has 24 heavy (non-hydrogen) atoms. The smallest absolute Gasteiger partial charge is 0.0772 e. The van der Waals surface area contributed by atoms with Gasteiger partial charge in [-0.15, -0.1) is 0 Å². The van der Waals surface area contributed by atoms with Crippen LogP contribution in [0.3, 0.4) is 0 Å². The van der Waals surface area contributed by atoms with Gasteiger partial charge in [0.1, 0.15) is 0 Å². The zero-order chi connectivity index (χ0) is 17.9. The molecule has 0 aliphatic heterocycles. The van der Waals surface area contributed by atoms with Crippen molar-refractivity contribution in [1.82, 2.24) is 5.23 Å². The lowest BCUT2D eigenvalue weighted by Crippen LogP contribution is -2.26. The third-order valence-corrected chi connectivity index (χ3v) is 4.76. The topological polar surface area (TPSA) is 63.9 Å². The molecule has 4 heteroatoms. The highest BCUT2D eigenvalue weighted by Gasteiger charge is 2.06. The number of nitrogens with zero attached hydrogens (tertiary/aromatic N) is 1. The number of unbranched alkanes of at least 4 members (excludes halogenated alkanes) is 15. The number of hydrogen-bond donors (Lipinski definition) is 3. The molecule has 0 rings (SSSR count). The molecule has 1 atom stereocenters. The van der Waals surface area contributed by atoms with Gasteiger partial charge in [0.15, 0.2) is 0 Å². The molecular weight excluding hydrogens is 302 g/mol. The van der Waals surface area contributed by atoms with E-state index in [1.54, 1.807) is 0 Å². The first-order chi connectivity index (χ1) is 11.7. The van der Waals surface area contributed by atoms with Gasteiger partial charge in [0, 0.05) is 0 Å². The van der Waals surface area contributed by atoms with E-state index in [0.29, 0.717) is 6.42 Å². The molecule has 0 spiro atoms. The highest BCUT2D eigenvalue weighted by Crippen LogP contribution is 2.14. The Morgan fingerprint density at radius 2 is 0.917 bits per heavy atom. The van der Waals surface area contributed by atoms with Gasteiger partial charge < -0.3 is 5.11 Å². The van der Waals surface area contributed by atoms with Crippen LogP contribution in [0.1, 0.15) is 116 Å². The monoisotopic (exact) mass is 345 g/mol. The summed E-state index contributed by atoms with van der Waals surface area (Å²) in [6.07, 6.45) is 21.4. The summed E-state index contributed by atoms with van der Waals surface area (Å²) in [4.78, 5) is 0.